The van der Waals surface area contributed by atoms with Crippen LogP contribution in [0, 0.1) is 10.1 Å². The summed E-state index contributed by atoms with van der Waals surface area (Å²) in [6, 6.07) is 0.343. The number of nitrogens with zero attached hydrogens (tertiary/aromatic N) is 3. The van der Waals surface area contributed by atoms with E-state index in [4.69, 9.17) is 4.74 Å². The standard InChI is InChI=1S/C15H28N4O4/c1-15(2,18-8-12(20)9-18)13-10-17(5-6-23-13)11-3-4-14(16-7-11)19(21)22/h11-14,16,20H,3-10H2,1-2H3. The summed E-state index contributed by atoms with van der Waals surface area (Å²) in [5.41, 5.74) is -0.108. The number of hydrogen-bond donors (Lipinski definition) is 2. The molecule has 3 unspecified atom stereocenters. The molecule has 3 saturated heterocycles. The molecule has 8 nitrogen and oxygen atoms in total. The third-order valence-electron chi connectivity index (χ3n) is 5.70. The van der Waals surface area contributed by atoms with Gasteiger partial charge in [-0.15, -0.1) is 0 Å². The van der Waals surface area contributed by atoms with Crippen molar-refractivity contribution in [2.45, 2.75) is 56.6 Å². The molecular weight excluding hydrogens is 300 g/mol. The van der Waals surface area contributed by atoms with Gasteiger partial charge in [0.05, 0.1) is 18.8 Å². The third kappa shape index (κ3) is 3.51. The van der Waals surface area contributed by atoms with Crippen molar-refractivity contribution < 1.29 is 14.8 Å². The van der Waals surface area contributed by atoms with Crippen LogP contribution < -0.4 is 5.32 Å². The molecule has 132 valence electrons. The lowest BCUT2D eigenvalue weighted by Crippen LogP contribution is -2.68. The number of rotatable bonds is 4. The minimum atomic E-state index is -0.595. The SMILES string of the molecule is CC(C)(C1CN(C2CCC([N+](=O)[O-])NC2)CCO1)N1CC(O)C1. The first-order valence-electron chi connectivity index (χ1n) is 8.53. The molecule has 3 aliphatic heterocycles. The number of ether oxygens (including phenoxy) is 1. The Morgan fingerprint density at radius 2 is 2.04 bits per heavy atom. The maximum Gasteiger partial charge on any atom is 0.266 e. The van der Waals surface area contributed by atoms with Gasteiger partial charge in [0.2, 0.25) is 0 Å². The molecule has 0 saturated carbocycles. The average molecular weight is 328 g/mol. The number of aliphatic hydroxyl groups is 1. The van der Waals surface area contributed by atoms with Crippen molar-refractivity contribution in [3.05, 3.63) is 10.1 Å². The summed E-state index contributed by atoms with van der Waals surface area (Å²) in [7, 11) is 0. The van der Waals surface area contributed by atoms with Gasteiger partial charge in [0.1, 0.15) is 0 Å². The Balaban J connectivity index is 1.55. The van der Waals surface area contributed by atoms with Crippen LogP contribution in [0.4, 0.5) is 0 Å². The zero-order valence-corrected chi connectivity index (χ0v) is 14.0. The molecule has 3 rings (SSSR count). The monoisotopic (exact) mass is 328 g/mol. The summed E-state index contributed by atoms with van der Waals surface area (Å²) < 4.78 is 6.02. The van der Waals surface area contributed by atoms with E-state index in [0.29, 0.717) is 38.7 Å². The Hall–Kier alpha value is -0.800. The largest absolute Gasteiger partial charge is 0.390 e. The van der Waals surface area contributed by atoms with E-state index in [-0.39, 0.29) is 22.7 Å². The first kappa shape index (κ1) is 17.0. The van der Waals surface area contributed by atoms with Crippen molar-refractivity contribution >= 4 is 0 Å². The van der Waals surface area contributed by atoms with Crippen LogP contribution in [0.25, 0.3) is 0 Å². The van der Waals surface area contributed by atoms with Crippen LogP contribution in [-0.4, -0.2) is 89.1 Å². The van der Waals surface area contributed by atoms with Gasteiger partial charge in [-0.05, 0) is 20.3 Å². The van der Waals surface area contributed by atoms with Gasteiger partial charge in [0, 0.05) is 55.6 Å². The molecule has 0 spiro atoms. The summed E-state index contributed by atoms with van der Waals surface area (Å²) in [6.45, 7) is 8.86. The molecule has 0 aromatic heterocycles. The van der Waals surface area contributed by atoms with Gasteiger partial charge >= 0.3 is 0 Å². The van der Waals surface area contributed by atoms with E-state index < -0.39 is 6.17 Å². The van der Waals surface area contributed by atoms with E-state index >= 15 is 0 Å². The summed E-state index contributed by atoms with van der Waals surface area (Å²) in [4.78, 5) is 15.3. The number of nitro groups is 1. The van der Waals surface area contributed by atoms with Gasteiger partial charge in [-0.25, -0.2) is 0 Å². The van der Waals surface area contributed by atoms with Gasteiger partial charge in [0.25, 0.3) is 6.17 Å². The Bertz CT molecular complexity index is 433. The normalized spacial score (nSPS) is 35.0. The summed E-state index contributed by atoms with van der Waals surface area (Å²) in [6.07, 6.45) is 0.727. The van der Waals surface area contributed by atoms with Gasteiger partial charge in [-0.1, -0.05) is 0 Å². The number of aliphatic hydroxyl groups excluding tert-OH is 1. The fourth-order valence-corrected chi connectivity index (χ4v) is 3.88. The van der Waals surface area contributed by atoms with Crippen LogP contribution in [0.5, 0.6) is 0 Å². The van der Waals surface area contributed by atoms with Crippen molar-refractivity contribution in [1.82, 2.24) is 15.1 Å². The summed E-state index contributed by atoms with van der Waals surface area (Å²) >= 11 is 0. The molecule has 0 radical (unpaired) electrons. The predicted octanol–water partition coefficient (Wildman–Crippen LogP) is -0.503. The topological polar surface area (TPSA) is 91.1 Å². The fraction of sp³-hybridized carbons (Fsp3) is 1.00. The molecule has 2 N–H and O–H groups in total. The molecular formula is C15H28N4O4. The smallest absolute Gasteiger partial charge is 0.266 e. The van der Waals surface area contributed by atoms with Gasteiger partial charge in [-0.3, -0.25) is 25.2 Å². The van der Waals surface area contributed by atoms with E-state index in [1.807, 2.05) is 0 Å². The first-order valence-corrected chi connectivity index (χ1v) is 8.53. The number of nitrogens with one attached hydrogen (secondary N) is 1. The maximum absolute atomic E-state index is 10.8. The highest BCUT2D eigenvalue weighted by Gasteiger charge is 2.45. The number of β-amino-alcohol motifs (C(OH)–C–C–N with tert-alkyl or cyclic N) is 1. The Kier molecular flexibility index (Phi) is 4.89. The fourth-order valence-electron chi connectivity index (χ4n) is 3.88. The van der Waals surface area contributed by atoms with E-state index in [2.05, 4.69) is 29.0 Å². The highest BCUT2D eigenvalue weighted by molar-refractivity contribution is 4.99. The zero-order valence-electron chi connectivity index (χ0n) is 14.0. The van der Waals surface area contributed by atoms with Crippen LogP contribution in [0.3, 0.4) is 0 Å². The van der Waals surface area contributed by atoms with E-state index in [1.165, 1.54) is 0 Å². The lowest BCUT2D eigenvalue weighted by Gasteiger charge is -2.53. The van der Waals surface area contributed by atoms with E-state index in [9.17, 15) is 15.2 Å². The van der Waals surface area contributed by atoms with Crippen molar-refractivity contribution in [2.24, 2.45) is 0 Å². The van der Waals surface area contributed by atoms with E-state index in [1.54, 1.807) is 0 Å². The highest BCUT2D eigenvalue weighted by atomic mass is 16.6. The Morgan fingerprint density at radius 3 is 2.61 bits per heavy atom. The predicted molar refractivity (Wildman–Crippen MR) is 84.8 cm³/mol. The number of piperidine rings is 1. The zero-order chi connectivity index (χ0) is 16.6. The van der Waals surface area contributed by atoms with Crippen molar-refractivity contribution in [3.8, 4) is 0 Å². The lowest BCUT2D eigenvalue weighted by molar-refractivity contribution is -0.532. The Morgan fingerprint density at radius 1 is 1.30 bits per heavy atom. The molecule has 0 amide bonds. The summed E-state index contributed by atoms with van der Waals surface area (Å²) in [5.74, 6) is 0. The molecule has 3 fully saturated rings. The second-order valence-corrected chi connectivity index (χ2v) is 7.51. The molecule has 0 aromatic carbocycles. The van der Waals surface area contributed by atoms with E-state index in [0.717, 1.165) is 19.5 Å². The van der Waals surface area contributed by atoms with Crippen LogP contribution in [-0.2, 0) is 4.74 Å². The Labute approximate surface area is 136 Å². The minimum Gasteiger partial charge on any atom is -0.390 e. The second kappa shape index (κ2) is 6.60. The molecule has 8 heteroatoms. The average Bonchev–Trinajstić information content (AvgIpc) is 2.52. The van der Waals surface area contributed by atoms with Crippen molar-refractivity contribution in [1.29, 1.82) is 0 Å². The van der Waals surface area contributed by atoms with Crippen LogP contribution in [0.15, 0.2) is 0 Å². The van der Waals surface area contributed by atoms with Crippen molar-refractivity contribution in [2.75, 3.05) is 39.3 Å². The minimum absolute atomic E-state index is 0.0944. The van der Waals surface area contributed by atoms with Gasteiger partial charge in [0.15, 0.2) is 0 Å². The first-order chi connectivity index (χ1) is 10.9. The molecule has 0 bridgehead atoms. The van der Waals surface area contributed by atoms with Crippen LogP contribution in [0.1, 0.15) is 26.7 Å². The van der Waals surface area contributed by atoms with Crippen LogP contribution in [0.2, 0.25) is 0 Å². The summed E-state index contributed by atoms with van der Waals surface area (Å²) in [5, 5.41) is 23.4. The van der Waals surface area contributed by atoms with Crippen LogP contribution >= 0.6 is 0 Å². The molecule has 0 aliphatic carbocycles. The maximum atomic E-state index is 10.8. The molecule has 3 atom stereocenters. The van der Waals surface area contributed by atoms with Gasteiger partial charge in [-0.2, -0.15) is 0 Å². The number of morpholine rings is 1. The third-order valence-corrected chi connectivity index (χ3v) is 5.70. The molecule has 3 aliphatic rings. The molecule has 3 heterocycles. The van der Waals surface area contributed by atoms with Gasteiger partial charge < -0.3 is 9.84 Å². The quantitative estimate of drug-likeness (QED) is 0.531. The second-order valence-electron chi connectivity index (χ2n) is 7.51. The molecule has 0 aromatic rings. The number of likely N-dealkylation sites (tertiary alicyclic amines) is 1. The molecule has 23 heavy (non-hydrogen) atoms. The van der Waals surface area contributed by atoms with Crippen molar-refractivity contribution in [3.63, 3.8) is 0 Å². The highest BCUT2D eigenvalue weighted by Crippen LogP contribution is 2.30. The lowest BCUT2D eigenvalue weighted by atomic mass is 9.89. The number of hydrogen-bond acceptors (Lipinski definition) is 7.